The maximum atomic E-state index is 6.68. The monoisotopic (exact) mass is 285 g/mol. The van der Waals surface area contributed by atoms with Crippen molar-refractivity contribution in [3.63, 3.8) is 0 Å². The summed E-state index contributed by atoms with van der Waals surface area (Å²) in [7, 11) is 0. The molecule has 1 unspecified atom stereocenters. The Morgan fingerprint density at radius 1 is 1.14 bits per heavy atom. The molecule has 0 fully saturated rings. The lowest BCUT2D eigenvalue weighted by Gasteiger charge is -2.38. The number of nitrogens with zero attached hydrogens (tertiary/aromatic N) is 2. The number of hydrogen-bond donors (Lipinski definition) is 1. The topological polar surface area (TPSA) is 43.8 Å². The quantitative estimate of drug-likeness (QED) is 0.834. The molecule has 1 aromatic carbocycles. The normalized spacial score (nSPS) is 13.3. The highest BCUT2D eigenvalue weighted by atomic mass is 15.3. The SMILES string of the molecule is CCCn1cc(C(N)C(CC)(CC)c2ccccc2)cn1. The molecular weight excluding hydrogens is 258 g/mol. The fraction of sp³-hybridized carbons (Fsp3) is 0.500. The van der Waals surface area contributed by atoms with Crippen LogP contribution in [0.1, 0.15) is 57.2 Å². The van der Waals surface area contributed by atoms with Crippen LogP contribution < -0.4 is 5.73 Å². The molecule has 3 nitrogen and oxygen atoms in total. The molecule has 0 spiro atoms. The van der Waals surface area contributed by atoms with Crippen molar-refractivity contribution < 1.29 is 0 Å². The van der Waals surface area contributed by atoms with Crippen molar-refractivity contribution in [2.75, 3.05) is 0 Å². The molecule has 0 amide bonds. The van der Waals surface area contributed by atoms with Crippen molar-refractivity contribution in [1.29, 1.82) is 0 Å². The number of benzene rings is 1. The van der Waals surface area contributed by atoms with Gasteiger partial charge in [-0.05, 0) is 24.8 Å². The summed E-state index contributed by atoms with van der Waals surface area (Å²) in [5, 5.41) is 4.44. The van der Waals surface area contributed by atoms with Gasteiger partial charge >= 0.3 is 0 Å². The van der Waals surface area contributed by atoms with Gasteiger partial charge in [0.2, 0.25) is 0 Å². The average Bonchev–Trinajstić information content (AvgIpc) is 2.99. The number of nitrogens with two attached hydrogens (primary N) is 1. The highest BCUT2D eigenvalue weighted by Crippen LogP contribution is 2.41. The van der Waals surface area contributed by atoms with Crippen molar-refractivity contribution in [2.45, 2.75) is 58.0 Å². The molecule has 3 heteroatoms. The van der Waals surface area contributed by atoms with Gasteiger partial charge in [0.1, 0.15) is 0 Å². The van der Waals surface area contributed by atoms with Crippen LogP contribution >= 0.6 is 0 Å². The van der Waals surface area contributed by atoms with Gasteiger partial charge in [-0.2, -0.15) is 5.10 Å². The lowest BCUT2D eigenvalue weighted by atomic mass is 9.69. The van der Waals surface area contributed by atoms with E-state index in [1.807, 2.05) is 10.9 Å². The summed E-state index contributed by atoms with van der Waals surface area (Å²) in [4.78, 5) is 0. The number of aromatic nitrogens is 2. The maximum absolute atomic E-state index is 6.68. The zero-order valence-electron chi connectivity index (χ0n) is 13.4. The van der Waals surface area contributed by atoms with Gasteiger partial charge in [-0.25, -0.2) is 0 Å². The van der Waals surface area contributed by atoms with E-state index in [1.54, 1.807) is 0 Å². The molecule has 1 heterocycles. The Morgan fingerprint density at radius 3 is 2.38 bits per heavy atom. The summed E-state index contributed by atoms with van der Waals surface area (Å²) >= 11 is 0. The lowest BCUT2D eigenvalue weighted by molar-refractivity contribution is 0.322. The first-order valence-corrected chi connectivity index (χ1v) is 8.01. The van der Waals surface area contributed by atoms with Crippen LogP contribution in [0.3, 0.4) is 0 Å². The zero-order valence-corrected chi connectivity index (χ0v) is 13.4. The fourth-order valence-electron chi connectivity index (χ4n) is 3.26. The first-order chi connectivity index (χ1) is 10.2. The van der Waals surface area contributed by atoms with Gasteiger partial charge in [0, 0.05) is 29.8 Å². The molecule has 1 aromatic heterocycles. The molecule has 0 saturated carbocycles. The van der Waals surface area contributed by atoms with Crippen LogP contribution in [0.4, 0.5) is 0 Å². The Labute approximate surface area is 128 Å². The number of hydrogen-bond acceptors (Lipinski definition) is 2. The Kier molecular flexibility index (Phi) is 5.18. The molecule has 0 aliphatic rings. The Hall–Kier alpha value is -1.61. The van der Waals surface area contributed by atoms with Crippen molar-refractivity contribution in [1.82, 2.24) is 9.78 Å². The Balaban J connectivity index is 2.36. The van der Waals surface area contributed by atoms with Crippen molar-refractivity contribution >= 4 is 0 Å². The summed E-state index contributed by atoms with van der Waals surface area (Å²) in [6.07, 6.45) is 7.17. The van der Waals surface area contributed by atoms with Crippen LogP contribution in [0.25, 0.3) is 0 Å². The van der Waals surface area contributed by atoms with Crippen LogP contribution in [-0.2, 0) is 12.0 Å². The van der Waals surface area contributed by atoms with Gasteiger partial charge in [-0.15, -0.1) is 0 Å². The van der Waals surface area contributed by atoms with Crippen molar-refractivity contribution in [3.8, 4) is 0 Å². The molecule has 2 aromatic rings. The van der Waals surface area contributed by atoms with E-state index in [0.29, 0.717) is 0 Å². The summed E-state index contributed by atoms with van der Waals surface area (Å²) in [5.41, 5.74) is 9.12. The first-order valence-electron chi connectivity index (χ1n) is 8.01. The first kappa shape index (κ1) is 15.8. The molecule has 0 aliphatic carbocycles. The third-order valence-corrected chi connectivity index (χ3v) is 4.67. The van der Waals surface area contributed by atoms with Gasteiger partial charge in [0.15, 0.2) is 0 Å². The fourth-order valence-corrected chi connectivity index (χ4v) is 3.26. The second kappa shape index (κ2) is 6.90. The predicted molar refractivity (Wildman–Crippen MR) is 88.1 cm³/mol. The molecule has 0 aliphatic heterocycles. The second-order valence-corrected chi connectivity index (χ2v) is 5.74. The third kappa shape index (κ3) is 3.03. The van der Waals surface area contributed by atoms with E-state index in [9.17, 15) is 0 Å². The summed E-state index contributed by atoms with van der Waals surface area (Å²) in [5.74, 6) is 0. The van der Waals surface area contributed by atoms with Crippen molar-refractivity contribution in [2.24, 2.45) is 5.73 Å². The lowest BCUT2D eigenvalue weighted by Crippen LogP contribution is -2.37. The minimum atomic E-state index is -0.0273. The molecule has 0 saturated heterocycles. The maximum Gasteiger partial charge on any atom is 0.0537 e. The smallest absolute Gasteiger partial charge is 0.0537 e. The standard InChI is InChI=1S/C18H27N3/c1-4-12-21-14-15(13-20-21)17(19)18(5-2,6-3)16-10-8-7-9-11-16/h7-11,13-14,17H,4-6,12,19H2,1-3H3. The molecular formula is C18H27N3. The highest BCUT2D eigenvalue weighted by molar-refractivity contribution is 5.31. The van der Waals surface area contributed by atoms with Gasteiger partial charge in [0.05, 0.1) is 6.20 Å². The summed E-state index contributed by atoms with van der Waals surface area (Å²) < 4.78 is 2.00. The van der Waals surface area contributed by atoms with Gasteiger partial charge < -0.3 is 5.73 Å². The predicted octanol–water partition coefficient (Wildman–Crippen LogP) is 4.05. The molecule has 21 heavy (non-hydrogen) atoms. The van der Waals surface area contributed by atoms with Crippen LogP contribution in [0, 0.1) is 0 Å². The van der Waals surface area contributed by atoms with E-state index in [2.05, 4.69) is 62.4 Å². The summed E-state index contributed by atoms with van der Waals surface area (Å²) in [6.45, 7) is 7.57. The number of rotatable bonds is 7. The van der Waals surface area contributed by atoms with Gasteiger partial charge in [-0.1, -0.05) is 51.1 Å². The molecule has 114 valence electrons. The van der Waals surface area contributed by atoms with Crippen LogP contribution in [-0.4, -0.2) is 9.78 Å². The zero-order chi connectivity index (χ0) is 15.3. The molecule has 2 rings (SSSR count). The van der Waals surface area contributed by atoms with Gasteiger partial charge in [-0.3, -0.25) is 4.68 Å². The number of aryl methyl sites for hydroxylation is 1. The van der Waals surface area contributed by atoms with E-state index >= 15 is 0 Å². The Morgan fingerprint density at radius 2 is 1.81 bits per heavy atom. The molecule has 0 radical (unpaired) electrons. The van der Waals surface area contributed by atoms with Crippen LogP contribution in [0.15, 0.2) is 42.7 Å². The van der Waals surface area contributed by atoms with E-state index < -0.39 is 0 Å². The molecule has 2 N–H and O–H groups in total. The molecule has 0 bridgehead atoms. The third-order valence-electron chi connectivity index (χ3n) is 4.67. The minimum absolute atomic E-state index is 0.0265. The van der Waals surface area contributed by atoms with E-state index in [0.717, 1.165) is 31.4 Å². The van der Waals surface area contributed by atoms with E-state index in [4.69, 9.17) is 5.73 Å². The minimum Gasteiger partial charge on any atom is -0.323 e. The van der Waals surface area contributed by atoms with E-state index in [-0.39, 0.29) is 11.5 Å². The van der Waals surface area contributed by atoms with Crippen LogP contribution in [0.2, 0.25) is 0 Å². The Bertz CT molecular complexity index is 541. The summed E-state index contributed by atoms with van der Waals surface area (Å²) in [6, 6.07) is 10.6. The largest absolute Gasteiger partial charge is 0.323 e. The second-order valence-electron chi connectivity index (χ2n) is 5.74. The average molecular weight is 285 g/mol. The van der Waals surface area contributed by atoms with Gasteiger partial charge in [0.25, 0.3) is 0 Å². The molecule has 1 atom stereocenters. The highest BCUT2D eigenvalue weighted by Gasteiger charge is 2.36. The van der Waals surface area contributed by atoms with Crippen molar-refractivity contribution in [3.05, 3.63) is 53.9 Å². The van der Waals surface area contributed by atoms with Crippen LogP contribution in [0.5, 0.6) is 0 Å². The van der Waals surface area contributed by atoms with E-state index in [1.165, 1.54) is 5.56 Å².